The summed E-state index contributed by atoms with van der Waals surface area (Å²) in [5, 5.41) is 0.0856. The van der Waals surface area contributed by atoms with Crippen molar-refractivity contribution in [3.63, 3.8) is 0 Å². The fraction of sp³-hybridized carbons (Fsp3) is 1.00. The van der Waals surface area contributed by atoms with Gasteiger partial charge in [0.2, 0.25) is 0 Å². The molecule has 0 aromatic heterocycles. The quantitative estimate of drug-likeness (QED) is 0.607. The van der Waals surface area contributed by atoms with E-state index < -0.39 is 17.4 Å². The maximum Gasteiger partial charge on any atom is 0.0716 e. The summed E-state index contributed by atoms with van der Waals surface area (Å²) in [6, 6.07) is 0. The molecule has 1 rings (SSSR count). The summed E-state index contributed by atoms with van der Waals surface area (Å²) in [5.41, 5.74) is 0. The molecule has 60 valence electrons. The van der Waals surface area contributed by atoms with E-state index >= 15 is 0 Å². The van der Waals surface area contributed by atoms with E-state index in [9.17, 15) is 4.21 Å². The van der Waals surface area contributed by atoms with Crippen molar-refractivity contribution in [1.82, 2.24) is 0 Å². The monoisotopic (exact) mass is 164 g/mol. The summed E-state index contributed by atoms with van der Waals surface area (Å²) in [6.45, 7) is 1.55. The third-order valence-electron chi connectivity index (χ3n) is 1.84. The van der Waals surface area contributed by atoms with Crippen LogP contribution in [0, 0.1) is 0 Å². The van der Waals surface area contributed by atoms with Crippen molar-refractivity contribution in [3.05, 3.63) is 0 Å². The summed E-state index contributed by atoms with van der Waals surface area (Å²) >= 11 is 0. The van der Waals surface area contributed by atoms with Crippen LogP contribution in [0.15, 0.2) is 0 Å². The fourth-order valence-corrected chi connectivity index (χ4v) is 2.26. The van der Waals surface area contributed by atoms with Crippen molar-refractivity contribution in [3.8, 4) is 0 Å². The molecule has 1 aliphatic heterocycles. The van der Waals surface area contributed by atoms with Crippen molar-refractivity contribution in [2.45, 2.75) is 31.1 Å². The highest BCUT2D eigenvalue weighted by Crippen LogP contribution is 2.20. The van der Waals surface area contributed by atoms with E-state index in [4.69, 9.17) is 6.11 Å². The first-order valence-corrected chi connectivity index (χ1v) is 5.17. The molecule has 3 heteroatoms. The second kappa shape index (κ2) is 3.49. The number of hydrogen-bond donors (Lipinski definition) is 0. The summed E-state index contributed by atoms with van der Waals surface area (Å²) in [7, 11) is -0.837. The third-order valence-corrected chi connectivity index (χ3v) is 3.19. The van der Waals surface area contributed by atoms with Gasteiger partial charge in [-0.05, 0) is 12.8 Å². The van der Waals surface area contributed by atoms with Crippen LogP contribution in [0.1, 0.15) is 21.1 Å². The van der Waals surface area contributed by atoms with E-state index in [1.165, 1.54) is 0 Å². The Morgan fingerprint density at radius 2 is 2.60 bits per heavy atom. The Bertz CT molecular complexity index is 163. The van der Waals surface area contributed by atoms with Gasteiger partial charge in [-0.25, -0.2) is 0 Å². The van der Waals surface area contributed by atoms with E-state index in [0.29, 0.717) is 6.42 Å². The molecular weight excluding hydrogens is 148 g/mol. The lowest BCUT2D eigenvalue weighted by molar-refractivity contribution is 0.110. The summed E-state index contributed by atoms with van der Waals surface area (Å²) in [4.78, 5) is 0. The molecule has 1 fully saturated rings. The molecule has 0 saturated carbocycles. The van der Waals surface area contributed by atoms with Crippen LogP contribution < -0.4 is 0 Å². The van der Waals surface area contributed by atoms with Gasteiger partial charge in [0.1, 0.15) is 0 Å². The smallest absolute Gasteiger partial charge is 0.0716 e. The second-order valence-electron chi connectivity index (χ2n) is 2.52. The van der Waals surface area contributed by atoms with Gasteiger partial charge in [0, 0.05) is 23.6 Å². The minimum absolute atomic E-state index is 0.0448. The van der Waals surface area contributed by atoms with Crippen molar-refractivity contribution < 1.29 is 10.3 Å². The first-order valence-electron chi connectivity index (χ1n) is 4.12. The van der Waals surface area contributed by atoms with Gasteiger partial charge in [-0.2, -0.15) is 0 Å². The molecule has 0 bridgehead atoms. The van der Waals surface area contributed by atoms with Gasteiger partial charge in [0.15, 0.2) is 0 Å². The average Bonchev–Trinajstić information content (AvgIpc) is 2.30. The molecule has 1 aliphatic rings. The zero-order chi connectivity index (χ0) is 8.43. The largest absolute Gasteiger partial charge is 0.377 e. The molecule has 0 spiro atoms. The molecule has 1 heterocycles. The predicted octanol–water partition coefficient (Wildman–Crippen LogP) is 0.932. The zero-order valence-corrected chi connectivity index (χ0v) is 7.19. The van der Waals surface area contributed by atoms with Gasteiger partial charge >= 0.3 is 0 Å². The molecule has 2 unspecified atom stereocenters. The van der Waals surface area contributed by atoms with E-state index in [1.54, 1.807) is 6.26 Å². The van der Waals surface area contributed by atoms with Crippen LogP contribution in [0.5, 0.6) is 0 Å². The molecule has 0 aromatic carbocycles. The number of rotatable bonds is 2. The maximum atomic E-state index is 11.1. The molecule has 4 atom stereocenters. The van der Waals surface area contributed by atoms with Crippen LogP contribution in [0.25, 0.3) is 0 Å². The van der Waals surface area contributed by atoms with E-state index in [2.05, 4.69) is 0 Å². The highest BCUT2D eigenvalue weighted by atomic mass is 32.2. The second-order valence-corrected chi connectivity index (χ2v) is 4.12. The normalized spacial score (nSPS) is 45.0. The SMILES string of the molecule is [3H][C@H]1CC(S(C)=O)[C@@H](CC)O1. The highest BCUT2D eigenvalue weighted by molar-refractivity contribution is 7.85. The van der Waals surface area contributed by atoms with Gasteiger partial charge in [-0.15, -0.1) is 0 Å². The summed E-state index contributed by atoms with van der Waals surface area (Å²) in [6.07, 6.45) is 3.22. The van der Waals surface area contributed by atoms with Crippen LogP contribution in [-0.2, 0) is 15.5 Å². The van der Waals surface area contributed by atoms with Gasteiger partial charge in [-0.3, -0.25) is 4.21 Å². The first kappa shape index (κ1) is 6.80. The standard InChI is InChI=1S/C7H14O2S/c1-3-6-7(10(2)8)4-5-9-6/h6-7H,3-5H2,1-2H3/t6-,7?,10?/m1/s1/i5T/t5-,6+,7?,10?/m0. The molecule has 0 radical (unpaired) electrons. The minimum Gasteiger partial charge on any atom is -0.377 e. The average molecular weight is 164 g/mol. The molecule has 10 heavy (non-hydrogen) atoms. The molecule has 0 amide bonds. The van der Waals surface area contributed by atoms with E-state index in [0.717, 1.165) is 6.42 Å². The van der Waals surface area contributed by atoms with E-state index in [-0.39, 0.29) is 11.4 Å². The third kappa shape index (κ3) is 1.58. The Morgan fingerprint density at radius 3 is 3.00 bits per heavy atom. The van der Waals surface area contributed by atoms with Crippen LogP contribution in [0.3, 0.4) is 0 Å². The first-order chi connectivity index (χ1) is 5.15. The minimum atomic E-state index is -0.837. The Labute approximate surface area is 65.8 Å². The van der Waals surface area contributed by atoms with Crippen LogP contribution in [0.2, 0.25) is 0 Å². The maximum absolute atomic E-state index is 11.1. The Morgan fingerprint density at radius 1 is 1.90 bits per heavy atom. The zero-order valence-electron chi connectivity index (χ0n) is 7.37. The lowest BCUT2D eigenvalue weighted by Gasteiger charge is -2.12. The number of hydrogen-bond acceptors (Lipinski definition) is 2. The van der Waals surface area contributed by atoms with Crippen molar-refractivity contribution in [2.75, 3.05) is 12.8 Å². The number of ether oxygens (including phenoxy) is 1. The lowest BCUT2D eigenvalue weighted by atomic mass is 10.2. The molecule has 0 aliphatic carbocycles. The molecule has 0 N–H and O–H groups in total. The van der Waals surface area contributed by atoms with E-state index in [1.807, 2.05) is 6.92 Å². The van der Waals surface area contributed by atoms with Crippen LogP contribution in [0.4, 0.5) is 0 Å². The Kier molecular flexibility index (Phi) is 2.37. The Hall–Kier alpha value is 0.110. The van der Waals surface area contributed by atoms with Crippen LogP contribution >= 0.6 is 0 Å². The van der Waals surface area contributed by atoms with Gasteiger partial charge in [-0.1, -0.05) is 6.92 Å². The molecular formula is C7H14O2S. The summed E-state index contributed by atoms with van der Waals surface area (Å²) < 4.78 is 23.7. The van der Waals surface area contributed by atoms with Crippen LogP contribution in [-0.4, -0.2) is 28.4 Å². The Balaban J connectivity index is 2.57. The fourth-order valence-electron chi connectivity index (χ4n) is 1.22. The summed E-state index contributed by atoms with van der Waals surface area (Å²) in [5.74, 6) is 0. The predicted molar refractivity (Wildman–Crippen MR) is 42.5 cm³/mol. The highest BCUT2D eigenvalue weighted by Gasteiger charge is 2.29. The topological polar surface area (TPSA) is 26.3 Å². The van der Waals surface area contributed by atoms with Crippen molar-refractivity contribution in [1.29, 1.82) is 0 Å². The molecule has 2 nitrogen and oxygen atoms in total. The van der Waals surface area contributed by atoms with Crippen molar-refractivity contribution in [2.24, 2.45) is 0 Å². The van der Waals surface area contributed by atoms with Gasteiger partial charge < -0.3 is 4.74 Å². The van der Waals surface area contributed by atoms with Gasteiger partial charge in [0.25, 0.3) is 0 Å². The molecule has 0 aromatic rings. The van der Waals surface area contributed by atoms with Crippen molar-refractivity contribution >= 4 is 10.8 Å². The molecule has 1 saturated heterocycles. The van der Waals surface area contributed by atoms with Gasteiger partial charge in [0.05, 0.1) is 12.7 Å². The lowest BCUT2D eigenvalue weighted by Crippen LogP contribution is -2.24.